The third-order valence-electron chi connectivity index (χ3n) is 6.10. The number of fused-ring (bicyclic) bond motifs is 1. The number of amides is 2. The molecule has 0 bridgehead atoms. The van der Waals surface area contributed by atoms with E-state index in [2.05, 4.69) is 4.72 Å². The minimum atomic E-state index is -3.94. The van der Waals surface area contributed by atoms with Gasteiger partial charge in [-0.25, -0.2) is 8.42 Å². The Morgan fingerprint density at radius 2 is 1.79 bits per heavy atom. The summed E-state index contributed by atoms with van der Waals surface area (Å²) in [5, 5.41) is 2.11. The minimum Gasteiger partial charge on any atom is -0.329 e. The molecule has 3 aromatic carbocycles. The van der Waals surface area contributed by atoms with E-state index in [1.807, 2.05) is 37.3 Å². The lowest BCUT2D eigenvalue weighted by Crippen LogP contribution is -2.50. The molecule has 1 N–H and O–H groups in total. The van der Waals surface area contributed by atoms with E-state index >= 15 is 0 Å². The van der Waals surface area contributed by atoms with Gasteiger partial charge in [0.2, 0.25) is 21.8 Å². The predicted octanol–water partition coefficient (Wildman–Crippen LogP) is 3.81. The summed E-state index contributed by atoms with van der Waals surface area (Å²) in [4.78, 5) is 29.4. The molecule has 0 spiro atoms. The van der Waals surface area contributed by atoms with Crippen molar-refractivity contribution in [3.8, 4) is 0 Å². The average Bonchev–Trinajstić information content (AvgIpc) is 3.18. The van der Waals surface area contributed by atoms with Crippen molar-refractivity contribution in [3.05, 3.63) is 71.8 Å². The normalized spacial score (nSPS) is 17.2. The summed E-state index contributed by atoms with van der Waals surface area (Å²) in [7, 11) is -3.94. The van der Waals surface area contributed by atoms with Crippen LogP contribution in [0.15, 0.2) is 71.6 Å². The number of halogens is 1. The minimum absolute atomic E-state index is 0.0685. The van der Waals surface area contributed by atoms with Gasteiger partial charge >= 0.3 is 0 Å². The zero-order valence-electron chi connectivity index (χ0n) is 18.9. The number of benzene rings is 3. The van der Waals surface area contributed by atoms with Crippen molar-refractivity contribution in [2.75, 3.05) is 18.0 Å². The fraction of sp³-hybridized carbons (Fsp3) is 0.280. The SMILES string of the molecule is CCN(C(=O)[C@H](C)N1CC[C@H](NS(=O)(=O)c2ccc3cc(Cl)ccc3c2)C1=O)c1ccccc1. The van der Waals surface area contributed by atoms with E-state index in [0.717, 1.165) is 16.5 Å². The highest BCUT2D eigenvalue weighted by atomic mass is 35.5. The molecule has 2 amide bonds. The summed E-state index contributed by atoms with van der Waals surface area (Å²) >= 11 is 6.00. The van der Waals surface area contributed by atoms with Crippen molar-refractivity contribution >= 4 is 49.9 Å². The lowest BCUT2D eigenvalue weighted by atomic mass is 10.1. The van der Waals surface area contributed by atoms with E-state index in [1.165, 1.54) is 11.0 Å². The molecule has 4 rings (SSSR count). The number of hydrogen-bond acceptors (Lipinski definition) is 4. The number of hydrogen-bond donors (Lipinski definition) is 1. The molecular weight excluding hydrogens is 474 g/mol. The number of rotatable bonds is 7. The number of anilines is 1. The van der Waals surface area contributed by atoms with Crippen molar-refractivity contribution in [2.24, 2.45) is 0 Å². The van der Waals surface area contributed by atoms with Gasteiger partial charge in [-0.15, -0.1) is 0 Å². The van der Waals surface area contributed by atoms with Gasteiger partial charge in [0.1, 0.15) is 12.1 Å². The van der Waals surface area contributed by atoms with E-state index in [1.54, 1.807) is 42.2 Å². The molecule has 0 unspecified atom stereocenters. The highest BCUT2D eigenvalue weighted by Crippen LogP contribution is 2.24. The number of carbonyl (C=O) groups is 2. The second-order valence-electron chi connectivity index (χ2n) is 8.24. The van der Waals surface area contributed by atoms with Gasteiger partial charge in [0.15, 0.2) is 0 Å². The Bertz CT molecular complexity index is 1330. The molecule has 0 radical (unpaired) electrons. The maximum Gasteiger partial charge on any atom is 0.249 e. The van der Waals surface area contributed by atoms with Crippen LogP contribution in [0.3, 0.4) is 0 Å². The number of likely N-dealkylation sites (N-methyl/N-ethyl adjacent to an activating group) is 1. The van der Waals surface area contributed by atoms with E-state index in [0.29, 0.717) is 18.1 Å². The Labute approximate surface area is 204 Å². The smallest absolute Gasteiger partial charge is 0.249 e. The Morgan fingerprint density at radius 3 is 2.50 bits per heavy atom. The fourth-order valence-corrected chi connectivity index (χ4v) is 5.68. The number of likely N-dealkylation sites (tertiary alicyclic amines) is 1. The number of sulfonamides is 1. The molecule has 0 aromatic heterocycles. The monoisotopic (exact) mass is 499 g/mol. The van der Waals surface area contributed by atoms with E-state index in [9.17, 15) is 18.0 Å². The maximum atomic E-state index is 13.2. The zero-order valence-corrected chi connectivity index (χ0v) is 20.5. The molecule has 0 saturated carbocycles. The van der Waals surface area contributed by atoms with Gasteiger partial charge in [0, 0.05) is 23.8 Å². The second kappa shape index (κ2) is 9.74. The molecular formula is C25H26ClN3O4S. The van der Waals surface area contributed by atoms with Crippen LogP contribution in [-0.2, 0) is 19.6 Å². The van der Waals surface area contributed by atoms with Crippen molar-refractivity contribution in [2.45, 2.75) is 37.2 Å². The topological polar surface area (TPSA) is 86.8 Å². The van der Waals surface area contributed by atoms with Gasteiger partial charge in [0.25, 0.3) is 0 Å². The molecule has 1 aliphatic heterocycles. The molecule has 0 aliphatic carbocycles. The average molecular weight is 500 g/mol. The van der Waals surface area contributed by atoms with Gasteiger partial charge in [-0.05, 0) is 67.4 Å². The summed E-state index contributed by atoms with van der Waals surface area (Å²) in [6.07, 6.45) is 0.288. The standard InChI is InChI=1S/C25H26ClN3O4S/c1-3-28(21-7-5-4-6-8-21)24(30)17(2)29-14-13-23(25(29)31)27-34(32,33)22-12-10-18-15-20(26)11-9-19(18)16-22/h4-12,15-17,23,27H,3,13-14H2,1-2H3/t17-,23-/m0/s1. The van der Waals surface area contributed by atoms with E-state index in [4.69, 9.17) is 11.6 Å². The Morgan fingerprint density at radius 1 is 1.12 bits per heavy atom. The lowest BCUT2D eigenvalue weighted by Gasteiger charge is -2.30. The largest absolute Gasteiger partial charge is 0.329 e. The van der Waals surface area contributed by atoms with Crippen molar-refractivity contribution < 1.29 is 18.0 Å². The Hall–Kier alpha value is -2.94. The third-order valence-corrected chi connectivity index (χ3v) is 7.80. The van der Waals surface area contributed by atoms with Crippen LogP contribution in [0.1, 0.15) is 20.3 Å². The van der Waals surface area contributed by atoms with Crippen LogP contribution in [-0.4, -0.2) is 50.3 Å². The molecule has 3 aromatic rings. The van der Waals surface area contributed by atoms with Crippen LogP contribution in [0, 0.1) is 0 Å². The Balaban J connectivity index is 1.48. The van der Waals surface area contributed by atoms with Crippen molar-refractivity contribution in [3.63, 3.8) is 0 Å². The van der Waals surface area contributed by atoms with Gasteiger partial charge in [0.05, 0.1) is 4.90 Å². The molecule has 1 fully saturated rings. The third kappa shape index (κ3) is 4.80. The number of nitrogens with one attached hydrogen (secondary N) is 1. The van der Waals surface area contributed by atoms with Crippen LogP contribution in [0.2, 0.25) is 5.02 Å². The van der Waals surface area contributed by atoms with Crippen LogP contribution < -0.4 is 9.62 Å². The fourth-order valence-electron chi connectivity index (χ4n) is 4.25. The first kappa shape index (κ1) is 24.2. The number of nitrogens with zero attached hydrogens (tertiary/aromatic N) is 2. The molecule has 2 atom stereocenters. The van der Waals surface area contributed by atoms with Crippen LogP contribution >= 0.6 is 11.6 Å². The van der Waals surface area contributed by atoms with Gasteiger partial charge < -0.3 is 9.80 Å². The van der Waals surface area contributed by atoms with Gasteiger partial charge in [-0.3, -0.25) is 9.59 Å². The van der Waals surface area contributed by atoms with E-state index < -0.39 is 28.0 Å². The second-order valence-corrected chi connectivity index (χ2v) is 10.4. The molecule has 7 nitrogen and oxygen atoms in total. The maximum absolute atomic E-state index is 13.2. The highest BCUT2D eigenvalue weighted by Gasteiger charge is 2.40. The lowest BCUT2D eigenvalue weighted by molar-refractivity contribution is -0.136. The van der Waals surface area contributed by atoms with Crippen LogP contribution in [0.5, 0.6) is 0 Å². The zero-order chi connectivity index (χ0) is 24.5. The summed E-state index contributed by atoms with van der Waals surface area (Å²) in [6, 6.07) is 17.5. The molecule has 1 saturated heterocycles. The first-order valence-corrected chi connectivity index (χ1v) is 13.0. The van der Waals surface area contributed by atoms with Gasteiger partial charge in [-0.2, -0.15) is 4.72 Å². The predicted molar refractivity (Wildman–Crippen MR) is 133 cm³/mol. The van der Waals surface area contributed by atoms with Crippen molar-refractivity contribution in [1.29, 1.82) is 0 Å². The highest BCUT2D eigenvalue weighted by molar-refractivity contribution is 7.89. The van der Waals surface area contributed by atoms with Crippen LogP contribution in [0.4, 0.5) is 5.69 Å². The number of para-hydroxylation sites is 1. The summed E-state index contributed by atoms with van der Waals surface area (Å²) < 4.78 is 28.5. The first-order valence-electron chi connectivity index (χ1n) is 11.1. The summed E-state index contributed by atoms with van der Waals surface area (Å²) in [5.41, 5.74) is 0.753. The van der Waals surface area contributed by atoms with E-state index in [-0.39, 0.29) is 17.2 Å². The summed E-state index contributed by atoms with van der Waals surface area (Å²) in [5.74, 6) is -0.611. The quantitative estimate of drug-likeness (QED) is 0.535. The molecule has 1 heterocycles. The Kier molecular flexibility index (Phi) is 6.93. The van der Waals surface area contributed by atoms with Crippen molar-refractivity contribution in [1.82, 2.24) is 9.62 Å². The molecule has 1 aliphatic rings. The van der Waals surface area contributed by atoms with Gasteiger partial charge in [-0.1, -0.05) is 41.9 Å². The van der Waals surface area contributed by atoms with Crippen LogP contribution in [0.25, 0.3) is 10.8 Å². The number of carbonyl (C=O) groups excluding carboxylic acids is 2. The molecule has 9 heteroatoms. The first-order chi connectivity index (χ1) is 16.2. The summed E-state index contributed by atoms with van der Waals surface area (Å²) in [6.45, 7) is 4.30. The molecule has 178 valence electrons. The molecule has 34 heavy (non-hydrogen) atoms.